The molecule has 0 unspecified atom stereocenters. The number of hydrogen-bond donors (Lipinski definition) is 1. The van der Waals surface area contributed by atoms with Crippen molar-refractivity contribution in [1.82, 2.24) is 4.90 Å². The average molecular weight is 299 g/mol. The summed E-state index contributed by atoms with van der Waals surface area (Å²) in [4.78, 5) is 2.74. The summed E-state index contributed by atoms with van der Waals surface area (Å²) in [5.74, 6) is 0. The zero-order valence-corrected chi connectivity index (χ0v) is 12.8. The Hall–Kier alpha value is -0.680. The molecule has 1 aliphatic rings. The second-order valence-corrected chi connectivity index (χ2v) is 5.97. The molecular weight excluding hydrogens is 280 g/mol. The predicted octanol–water partition coefficient (Wildman–Crippen LogP) is 2.58. The summed E-state index contributed by atoms with van der Waals surface area (Å²) in [5.41, 5.74) is 7.51. The molecule has 0 radical (unpaired) electrons. The predicted molar refractivity (Wildman–Crippen MR) is 82.6 cm³/mol. The van der Waals surface area contributed by atoms with Crippen molar-refractivity contribution < 1.29 is 4.74 Å². The van der Waals surface area contributed by atoms with Crippen LogP contribution >= 0.6 is 23.8 Å². The van der Waals surface area contributed by atoms with E-state index in [4.69, 9.17) is 34.3 Å². The highest BCUT2D eigenvalue weighted by Gasteiger charge is 2.22. The maximum Gasteiger partial charge on any atom is 0.104 e. The Balaban J connectivity index is 2.08. The molecule has 0 aromatic heterocycles. The van der Waals surface area contributed by atoms with E-state index in [1.807, 2.05) is 18.2 Å². The van der Waals surface area contributed by atoms with Crippen molar-refractivity contribution in [1.29, 1.82) is 0 Å². The lowest BCUT2D eigenvalue weighted by molar-refractivity contribution is -0.0704. The van der Waals surface area contributed by atoms with Gasteiger partial charge in [0.15, 0.2) is 0 Å². The van der Waals surface area contributed by atoms with Crippen molar-refractivity contribution in [3.63, 3.8) is 0 Å². The van der Waals surface area contributed by atoms with E-state index in [2.05, 4.69) is 18.7 Å². The summed E-state index contributed by atoms with van der Waals surface area (Å²) in [7, 11) is 0. The van der Waals surface area contributed by atoms with E-state index in [1.165, 1.54) is 0 Å². The minimum absolute atomic E-state index is 0.262. The first kappa shape index (κ1) is 14.7. The van der Waals surface area contributed by atoms with Crippen molar-refractivity contribution in [3.8, 4) is 0 Å². The van der Waals surface area contributed by atoms with Crippen LogP contribution in [0.5, 0.6) is 0 Å². The minimum atomic E-state index is 0.262. The maximum absolute atomic E-state index is 6.29. The molecule has 1 aliphatic heterocycles. The Kier molecular flexibility index (Phi) is 4.79. The van der Waals surface area contributed by atoms with E-state index < -0.39 is 0 Å². The number of nitrogens with zero attached hydrogens (tertiary/aromatic N) is 1. The van der Waals surface area contributed by atoms with Gasteiger partial charge >= 0.3 is 0 Å². The van der Waals surface area contributed by atoms with Gasteiger partial charge < -0.3 is 10.5 Å². The van der Waals surface area contributed by atoms with E-state index in [0.717, 1.165) is 35.8 Å². The monoisotopic (exact) mass is 298 g/mol. The molecular formula is C14H19ClN2OS. The summed E-state index contributed by atoms with van der Waals surface area (Å²) in [6.07, 6.45) is 0.525. The van der Waals surface area contributed by atoms with E-state index >= 15 is 0 Å². The van der Waals surface area contributed by atoms with E-state index in [9.17, 15) is 0 Å². The third kappa shape index (κ3) is 3.89. The Morgan fingerprint density at radius 2 is 2.05 bits per heavy atom. The first-order chi connectivity index (χ1) is 8.95. The number of halogens is 1. The third-order valence-corrected chi connectivity index (χ3v) is 3.81. The average Bonchev–Trinajstić information content (AvgIpc) is 2.30. The standard InChI is InChI=1S/C14H19ClN2OS/c1-9-6-17(7-10(2)18-9)8-12-4-3-11(14(16)19)5-13(12)15/h3-5,9-10H,6-8H2,1-2H3,(H2,16,19)/t9-,10+. The minimum Gasteiger partial charge on any atom is -0.389 e. The molecule has 1 fully saturated rings. The second kappa shape index (κ2) is 6.18. The lowest BCUT2D eigenvalue weighted by atomic mass is 10.1. The molecule has 19 heavy (non-hydrogen) atoms. The fourth-order valence-electron chi connectivity index (χ4n) is 2.48. The number of thiocarbonyl (C=S) groups is 1. The van der Waals surface area contributed by atoms with Crippen LogP contribution in [0.2, 0.25) is 5.02 Å². The lowest BCUT2D eigenvalue weighted by Gasteiger charge is -2.35. The molecule has 0 amide bonds. The van der Waals surface area contributed by atoms with Gasteiger partial charge in [0.05, 0.1) is 12.2 Å². The highest BCUT2D eigenvalue weighted by Crippen LogP contribution is 2.21. The number of nitrogens with two attached hydrogens (primary N) is 1. The van der Waals surface area contributed by atoms with Gasteiger partial charge in [-0.3, -0.25) is 4.90 Å². The molecule has 104 valence electrons. The largest absolute Gasteiger partial charge is 0.389 e. The molecule has 0 bridgehead atoms. The summed E-state index contributed by atoms with van der Waals surface area (Å²) < 4.78 is 5.73. The van der Waals surface area contributed by atoms with Crippen LogP contribution in [0, 0.1) is 0 Å². The summed E-state index contributed by atoms with van der Waals surface area (Å²) in [6, 6.07) is 5.77. The molecule has 5 heteroatoms. The third-order valence-electron chi connectivity index (χ3n) is 3.23. The van der Waals surface area contributed by atoms with Crippen molar-refractivity contribution in [2.75, 3.05) is 13.1 Å². The molecule has 2 atom stereocenters. The molecule has 1 heterocycles. The van der Waals surface area contributed by atoms with Crippen molar-refractivity contribution in [2.24, 2.45) is 5.73 Å². The topological polar surface area (TPSA) is 38.5 Å². The van der Waals surface area contributed by atoms with Gasteiger partial charge in [-0.2, -0.15) is 0 Å². The van der Waals surface area contributed by atoms with Gasteiger partial charge in [-0.1, -0.05) is 36.0 Å². The number of rotatable bonds is 3. The fraction of sp³-hybridized carbons (Fsp3) is 0.500. The lowest BCUT2D eigenvalue weighted by Crippen LogP contribution is -2.44. The van der Waals surface area contributed by atoms with Crippen molar-refractivity contribution >= 4 is 28.8 Å². The van der Waals surface area contributed by atoms with Gasteiger partial charge in [-0.05, 0) is 25.5 Å². The van der Waals surface area contributed by atoms with Crippen molar-refractivity contribution in [2.45, 2.75) is 32.6 Å². The first-order valence-corrected chi connectivity index (χ1v) is 7.20. The molecule has 1 aromatic rings. The zero-order chi connectivity index (χ0) is 14.0. The molecule has 2 N–H and O–H groups in total. The Bertz CT molecular complexity index is 471. The Morgan fingerprint density at radius 3 is 2.58 bits per heavy atom. The molecule has 0 spiro atoms. The quantitative estimate of drug-likeness (QED) is 0.871. The van der Waals surface area contributed by atoms with Gasteiger partial charge in [0.2, 0.25) is 0 Å². The van der Waals surface area contributed by atoms with Gasteiger partial charge in [-0.15, -0.1) is 0 Å². The van der Waals surface area contributed by atoms with E-state index in [-0.39, 0.29) is 12.2 Å². The molecule has 2 rings (SSSR count). The molecule has 0 saturated carbocycles. The number of hydrogen-bond acceptors (Lipinski definition) is 3. The molecule has 0 aliphatic carbocycles. The Labute approximate surface area is 124 Å². The van der Waals surface area contributed by atoms with Crippen LogP contribution in [0.3, 0.4) is 0 Å². The normalized spacial score (nSPS) is 24.4. The molecule has 1 saturated heterocycles. The number of benzene rings is 1. The van der Waals surface area contributed by atoms with Crippen LogP contribution in [-0.4, -0.2) is 35.2 Å². The smallest absolute Gasteiger partial charge is 0.104 e. The summed E-state index contributed by atoms with van der Waals surface area (Å²) >= 11 is 11.2. The summed E-state index contributed by atoms with van der Waals surface area (Å²) in [5, 5.41) is 0.720. The highest BCUT2D eigenvalue weighted by molar-refractivity contribution is 7.80. The number of morpholine rings is 1. The second-order valence-electron chi connectivity index (χ2n) is 5.12. The van der Waals surface area contributed by atoms with E-state index in [1.54, 1.807) is 0 Å². The van der Waals surface area contributed by atoms with Crippen molar-refractivity contribution in [3.05, 3.63) is 34.3 Å². The summed E-state index contributed by atoms with van der Waals surface area (Å²) in [6.45, 7) is 6.88. The highest BCUT2D eigenvalue weighted by atomic mass is 35.5. The van der Waals surface area contributed by atoms with Gasteiger partial charge in [0.25, 0.3) is 0 Å². The zero-order valence-electron chi connectivity index (χ0n) is 11.2. The number of ether oxygens (including phenoxy) is 1. The van der Waals surface area contributed by atoms with Crippen LogP contribution in [-0.2, 0) is 11.3 Å². The first-order valence-electron chi connectivity index (χ1n) is 6.41. The van der Waals surface area contributed by atoms with E-state index in [0.29, 0.717) is 4.99 Å². The van der Waals surface area contributed by atoms with Crippen LogP contribution in [0.25, 0.3) is 0 Å². The SMILES string of the molecule is C[C@@H]1CN(Cc2ccc(C(N)=S)cc2Cl)C[C@H](C)O1. The molecule has 1 aromatic carbocycles. The van der Waals surface area contributed by atoms with Crippen LogP contribution in [0.15, 0.2) is 18.2 Å². The fourth-order valence-corrected chi connectivity index (χ4v) is 2.85. The van der Waals surface area contributed by atoms with Crippen LogP contribution < -0.4 is 5.73 Å². The van der Waals surface area contributed by atoms with Crippen LogP contribution in [0.1, 0.15) is 25.0 Å². The maximum atomic E-state index is 6.29. The van der Waals surface area contributed by atoms with Gasteiger partial charge in [0, 0.05) is 30.2 Å². The Morgan fingerprint density at radius 1 is 1.42 bits per heavy atom. The van der Waals surface area contributed by atoms with Gasteiger partial charge in [0.1, 0.15) is 4.99 Å². The molecule has 3 nitrogen and oxygen atoms in total. The van der Waals surface area contributed by atoms with Gasteiger partial charge in [-0.25, -0.2) is 0 Å². The van der Waals surface area contributed by atoms with Crippen LogP contribution in [0.4, 0.5) is 0 Å².